The van der Waals surface area contributed by atoms with E-state index in [2.05, 4.69) is 10.6 Å². The normalized spacial score (nSPS) is 10.2. The lowest BCUT2D eigenvalue weighted by Crippen LogP contribution is -2.34. The zero-order valence-corrected chi connectivity index (χ0v) is 14.2. The molecule has 0 radical (unpaired) electrons. The van der Waals surface area contributed by atoms with E-state index in [1.165, 1.54) is 0 Å². The van der Waals surface area contributed by atoms with Gasteiger partial charge < -0.3 is 5.32 Å². The number of hydrogen-bond acceptors (Lipinski definition) is 2. The Morgan fingerprint density at radius 1 is 1.05 bits per heavy atom. The Bertz CT molecular complexity index is 723. The fraction of sp³-hybridized carbons (Fsp3) is 0.176. The summed E-state index contributed by atoms with van der Waals surface area (Å²) in [6.07, 6.45) is 0. The van der Waals surface area contributed by atoms with E-state index < -0.39 is 0 Å². The molecule has 0 aliphatic carbocycles. The van der Waals surface area contributed by atoms with Crippen molar-refractivity contribution in [3.05, 3.63) is 63.7 Å². The van der Waals surface area contributed by atoms with Crippen molar-refractivity contribution in [2.75, 3.05) is 5.32 Å². The van der Waals surface area contributed by atoms with Gasteiger partial charge in [-0.25, -0.2) is 0 Å². The van der Waals surface area contributed by atoms with Crippen LogP contribution in [0, 0.1) is 20.8 Å². The van der Waals surface area contributed by atoms with Crippen LogP contribution in [0.1, 0.15) is 27.0 Å². The Labute approximate surface area is 140 Å². The Morgan fingerprint density at radius 2 is 1.68 bits per heavy atom. The maximum absolute atomic E-state index is 12.2. The first-order valence-corrected chi connectivity index (χ1v) is 7.60. The number of halogens is 1. The predicted octanol–water partition coefficient (Wildman–Crippen LogP) is 4.39. The molecular weight excluding hydrogens is 316 g/mol. The van der Waals surface area contributed by atoms with Gasteiger partial charge in [-0.3, -0.25) is 10.1 Å². The molecule has 0 aromatic heterocycles. The van der Waals surface area contributed by atoms with E-state index in [4.69, 9.17) is 23.8 Å². The lowest BCUT2D eigenvalue weighted by atomic mass is 10.1. The molecule has 22 heavy (non-hydrogen) atoms. The number of nitrogens with one attached hydrogen (secondary N) is 2. The SMILES string of the molecule is Cc1cc(C)cc(C(=O)NC(=S)Nc2cc(Cl)ccc2C)c1. The molecule has 0 aliphatic rings. The minimum Gasteiger partial charge on any atom is -0.332 e. The van der Waals surface area contributed by atoms with Crippen LogP contribution in [-0.4, -0.2) is 11.0 Å². The van der Waals surface area contributed by atoms with E-state index in [9.17, 15) is 4.79 Å². The first-order valence-electron chi connectivity index (χ1n) is 6.82. The number of amides is 1. The molecule has 0 heterocycles. The zero-order valence-electron chi connectivity index (χ0n) is 12.7. The molecule has 2 aromatic rings. The van der Waals surface area contributed by atoms with Gasteiger partial charge in [0, 0.05) is 16.3 Å². The van der Waals surface area contributed by atoms with Gasteiger partial charge in [-0.1, -0.05) is 34.9 Å². The summed E-state index contributed by atoms with van der Waals surface area (Å²) in [5.41, 5.74) is 4.43. The number of carbonyl (C=O) groups is 1. The van der Waals surface area contributed by atoms with Crippen LogP contribution in [0.4, 0.5) is 5.69 Å². The molecular formula is C17H17ClN2OS. The van der Waals surface area contributed by atoms with Crippen LogP contribution in [0.15, 0.2) is 36.4 Å². The second-order valence-electron chi connectivity index (χ2n) is 5.24. The number of anilines is 1. The molecule has 0 saturated carbocycles. The van der Waals surface area contributed by atoms with Crippen molar-refractivity contribution in [2.24, 2.45) is 0 Å². The summed E-state index contributed by atoms with van der Waals surface area (Å²) in [6.45, 7) is 5.85. The summed E-state index contributed by atoms with van der Waals surface area (Å²) >= 11 is 11.2. The van der Waals surface area contributed by atoms with Gasteiger partial charge in [0.2, 0.25) is 0 Å². The molecule has 2 rings (SSSR count). The van der Waals surface area contributed by atoms with Crippen molar-refractivity contribution in [1.29, 1.82) is 0 Å². The number of rotatable bonds is 2. The van der Waals surface area contributed by atoms with Crippen LogP contribution in [0.3, 0.4) is 0 Å². The molecule has 3 nitrogen and oxygen atoms in total. The Hall–Kier alpha value is -1.91. The standard InChI is InChI=1S/C17H17ClN2OS/c1-10-6-11(2)8-13(7-10)16(21)20-17(22)19-15-9-14(18)5-4-12(15)3/h4-9H,1-3H3,(H2,19,20,21,22). The van der Waals surface area contributed by atoms with Gasteiger partial charge in [0.25, 0.3) is 5.91 Å². The highest BCUT2D eigenvalue weighted by atomic mass is 35.5. The van der Waals surface area contributed by atoms with E-state index >= 15 is 0 Å². The topological polar surface area (TPSA) is 41.1 Å². The van der Waals surface area contributed by atoms with Crippen LogP contribution < -0.4 is 10.6 Å². The summed E-state index contributed by atoms with van der Waals surface area (Å²) in [7, 11) is 0. The third-order valence-corrected chi connectivity index (χ3v) is 3.60. The van der Waals surface area contributed by atoms with E-state index in [1.807, 2.05) is 45.0 Å². The number of aryl methyl sites for hydroxylation is 3. The van der Waals surface area contributed by atoms with Gasteiger partial charge in [0.15, 0.2) is 5.11 Å². The predicted molar refractivity (Wildman–Crippen MR) is 95.8 cm³/mol. The summed E-state index contributed by atoms with van der Waals surface area (Å²) in [6, 6.07) is 11.1. The number of thiocarbonyl (C=S) groups is 1. The highest BCUT2D eigenvalue weighted by molar-refractivity contribution is 7.80. The van der Waals surface area contributed by atoms with Gasteiger partial charge >= 0.3 is 0 Å². The van der Waals surface area contributed by atoms with Crippen LogP contribution in [0.2, 0.25) is 5.02 Å². The fourth-order valence-electron chi connectivity index (χ4n) is 2.16. The molecule has 5 heteroatoms. The van der Waals surface area contributed by atoms with Crippen molar-refractivity contribution in [3.8, 4) is 0 Å². The van der Waals surface area contributed by atoms with Gasteiger partial charge in [-0.05, 0) is 62.8 Å². The third-order valence-electron chi connectivity index (χ3n) is 3.16. The van der Waals surface area contributed by atoms with Crippen LogP contribution >= 0.6 is 23.8 Å². The van der Waals surface area contributed by atoms with Crippen molar-refractivity contribution in [1.82, 2.24) is 5.32 Å². The van der Waals surface area contributed by atoms with Crippen molar-refractivity contribution >= 4 is 40.5 Å². The van der Waals surface area contributed by atoms with Crippen molar-refractivity contribution < 1.29 is 4.79 Å². The smallest absolute Gasteiger partial charge is 0.257 e. The molecule has 0 saturated heterocycles. The average Bonchev–Trinajstić information content (AvgIpc) is 2.41. The molecule has 0 atom stereocenters. The number of hydrogen-bond donors (Lipinski definition) is 2. The lowest BCUT2D eigenvalue weighted by molar-refractivity contribution is 0.0977. The quantitative estimate of drug-likeness (QED) is 0.801. The van der Waals surface area contributed by atoms with Crippen molar-refractivity contribution in [3.63, 3.8) is 0 Å². The first kappa shape index (κ1) is 16.5. The van der Waals surface area contributed by atoms with E-state index in [1.54, 1.807) is 12.1 Å². The summed E-state index contributed by atoms with van der Waals surface area (Å²) in [5, 5.41) is 6.53. The Morgan fingerprint density at radius 3 is 2.32 bits per heavy atom. The molecule has 0 aliphatic heterocycles. The zero-order chi connectivity index (χ0) is 16.3. The highest BCUT2D eigenvalue weighted by Crippen LogP contribution is 2.20. The number of benzene rings is 2. The minimum absolute atomic E-state index is 0.232. The van der Waals surface area contributed by atoms with Gasteiger partial charge in [-0.2, -0.15) is 0 Å². The third kappa shape index (κ3) is 4.29. The molecule has 2 aromatic carbocycles. The first-order chi connectivity index (χ1) is 10.3. The molecule has 0 fully saturated rings. The maximum Gasteiger partial charge on any atom is 0.257 e. The Balaban J connectivity index is 2.08. The molecule has 0 spiro atoms. The van der Waals surface area contributed by atoms with Gasteiger partial charge in [0.05, 0.1) is 0 Å². The van der Waals surface area contributed by atoms with Crippen LogP contribution in [0.5, 0.6) is 0 Å². The van der Waals surface area contributed by atoms with E-state index in [0.717, 1.165) is 22.4 Å². The molecule has 0 bridgehead atoms. The largest absolute Gasteiger partial charge is 0.332 e. The Kier molecular flexibility index (Phi) is 5.16. The summed E-state index contributed by atoms with van der Waals surface area (Å²) < 4.78 is 0. The van der Waals surface area contributed by atoms with E-state index in [-0.39, 0.29) is 11.0 Å². The van der Waals surface area contributed by atoms with Crippen LogP contribution in [-0.2, 0) is 0 Å². The van der Waals surface area contributed by atoms with Gasteiger partial charge in [-0.15, -0.1) is 0 Å². The average molecular weight is 333 g/mol. The molecule has 114 valence electrons. The highest BCUT2D eigenvalue weighted by Gasteiger charge is 2.10. The summed E-state index contributed by atoms with van der Waals surface area (Å²) in [4.78, 5) is 12.2. The minimum atomic E-state index is -0.232. The lowest BCUT2D eigenvalue weighted by Gasteiger charge is -2.12. The molecule has 0 unspecified atom stereocenters. The fourth-order valence-corrected chi connectivity index (χ4v) is 2.54. The molecule has 2 N–H and O–H groups in total. The second kappa shape index (κ2) is 6.90. The van der Waals surface area contributed by atoms with E-state index in [0.29, 0.717) is 10.6 Å². The maximum atomic E-state index is 12.2. The van der Waals surface area contributed by atoms with Crippen LogP contribution in [0.25, 0.3) is 0 Å². The molecule has 1 amide bonds. The second-order valence-corrected chi connectivity index (χ2v) is 6.09. The van der Waals surface area contributed by atoms with Crippen molar-refractivity contribution in [2.45, 2.75) is 20.8 Å². The monoisotopic (exact) mass is 332 g/mol. The summed E-state index contributed by atoms with van der Waals surface area (Å²) in [5.74, 6) is -0.232. The number of carbonyl (C=O) groups excluding carboxylic acids is 1. The van der Waals surface area contributed by atoms with Gasteiger partial charge in [0.1, 0.15) is 0 Å².